The van der Waals surface area contributed by atoms with E-state index in [9.17, 15) is 19.5 Å². The van der Waals surface area contributed by atoms with Gasteiger partial charge >= 0.3 is 5.97 Å². The average Bonchev–Trinajstić information content (AvgIpc) is 3.45. The number of amides is 2. The van der Waals surface area contributed by atoms with Crippen molar-refractivity contribution < 1.29 is 24.2 Å². The Morgan fingerprint density at radius 1 is 1.25 bits per heavy atom. The zero-order valence-corrected chi connectivity index (χ0v) is 23.7. The molecular formula is C26H36BrN3O5S. The topological polar surface area (TPSA) is 99.2 Å². The molecule has 0 aliphatic carbocycles. The number of aliphatic hydroxyl groups excluding tert-OH is 1. The van der Waals surface area contributed by atoms with Gasteiger partial charge in [-0.2, -0.15) is 0 Å². The first-order chi connectivity index (χ1) is 17.3. The van der Waals surface area contributed by atoms with Crippen LogP contribution in [0.5, 0.6) is 0 Å². The summed E-state index contributed by atoms with van der Waals surface area (Å²) in [4.78, 5) is 44.6. The molecule has 2 bridgehead atoms. The summed E-state index contributed by atoms with van der Waals surface area (Å²) in [6.45, 7) is 9.60. The lowest BCUT2D eigenvalue weighted by atomic mass is 9.71. The average molecular weight is 583 g/mol. The number of ether oxygens (including phenoxy) is 1. The van der Waals surface area contributed by atoms with E-state index in [0.717, 1.165) is 18.8 Å². The van der Waals surface area contributed by atoms with Crippen molar-refractivity contribution in [2.75, 3.05) is 36.5 Å². The monoisotopic (exact) mass is 581 g/mol. The minimum atomic E-state index is -0.802. The molecule has 2 amide bonds. The third-order valence-corrected chi connectivity index (χ3v) is 11.1. The number of aliphatic hydroxyl groups is 1. The van der Waals surface area contributed by atoms with E-state index in [1.165, 1.54) is 0 Å². The fourth-order valence-corrected chi connectivity index (χ4v) is 9.82. The van der Waals surface area contributed by atoms with Crippen LogP contribution in [0.25, 0.3) is 0 Å². The molecule has 7 atom stereocenters. The van der Waals surface area contributed by atoms with Crippen LogP contribution in [0.1, 0.15) is 40.5 Å². The molecule has 1 aromatic rings. The zero-order chi connectivity index (χ0) is 26.2. The van der Waals surface area contributed by atoms with E-state index in [-0.39, 0.29) is 41.1 Å². The second-order valence-corrected chi connectivity index (χ2v) is 12.3. The molecule has 3 aliphatic heterocycles. The van der Waals surface area contributed by atoms with Crippen molar-refractivity contribution in [3.05, 3.63) is 24.3 Å². The Balaban J connectivity index is 1.68. The summed E-state index contributed by atoms with van der Waals surface area (Å²) in [6, 6.07) is 6.40. The van der Waals surface area contributed by atoms with Crippen LogP contribution in [0.15, 0.2) is 24.3 Å². The van der Waals surface area contributed by atoms with E-state index in [1.807, 2.05) is 31.2 Å². The summed E-state index contributed by atoms with van der Waals surface area (Å²) < 4.78 is 4.61. The summed E-state index contributed by atoms with van der Waals surface area (Å²) in [6.07, 6.45) is 1.09. The number of fused-ring (bicyclic) bond motifs is 1. The molecule has 8 nitrogen and oxygen atoms in total. The Bertz CT molecular complexity index is 986. The van der Waals surface area contributed by atoms with Crippen molar-refractivity contribution in [3.63, 3.8) is 0 Å². The predicted octanol–water partition coefficient (Wildman–Crippen LogP) is 3.27. The van der Waals surface area contributed by atoms with Gasteiger partial charge in [0, 0.05) is 34.5 Å². The highest BCUT2D eigenvalue weighted by Crippen LogP contribution is 2.68. The zero-order valence-electron chi connectivity index (χ0n) is 21.3. The third kappa shape index (κ3) is 4.32. The number of nitrogens with one attached hydrogen (secondary N) is 1. The minimum Gasteiger partial charge on any atom is -0.466 e. The molecule has 3 fully saturated rings. The van der Waals surface area contributed by atoms with Gasteiger partial charge < -0.3 is 25.0 Å². The number of hydrogen-bond donors (Lipinski definition) is 2. The molecule has 4 rings (SSSR count). The van der Waals surface area contributed by atoms with Gasteiger partial charge in [-0.05, 0) is 57.9 Å². The van der Waals surface area contributed by atoms with Crippen molar-refractivity contribution in [1.29, 1.82) is 0 Å². The van der Waals surface area contributed by atoms with Crippen LogP contribution in [0.3, 0.4) is 0 Å². The molecule has 1 spiro atoms. The lowest BCUT2D eigenvalue weighted by Crippen LogP contribution is -2.55. The van der Waals surface area contributed by atoms with Crippen LogP contribution in [0.2, 0.25) is 0 Å². The molecule has 3 aliphatic rings. The number of halogens is 1. The predicted molar refractivity (Wildman–Crippen MR) is 145 cm³/mol. The molecule has 3 saturated heterocycles. The number of rotatable bonds is 10. The summed E-state index contributed by atoms with van der Waals surface area (Å²) in [7, 11) is 0. The summed E-state index contributed by atoms with van der Waals surface area (Å²) in [5.41, 5.74) is 1.72. The minimum absolute atomic E-state index is 0.0150. The van der Waals surface area contributed by atoms with Crippen LogP contribution >= 0.6 is 27.7 Å². The number of carbonyl (C=O) groups excluding carboxylic acids is 3. The largest absolute Gasteiger partial charge is 0.466 e. The van der Waals surface area contributed by atoms with Gasteiger partial charge in [0.25, 0.3) is 0 Å². The van der Waals surface area contributed by atoms with Crippen LogP contribution in [-0.4, -0.2) is 81.0 Å². The second-order valence-electron chi connectivity index (χ2n) is 9.61. The summed E-state index contributed by atoms with van der Waals surface area (Å²) >= 11 is 5.30. The first-order valence-electron chi connectivity index (χ1n) is 12.8. The molecule has 0 saturated carbocycles. The number of anilines is 2. The normalized spacial score (nSPS) is 31.3. The van der Waals surface area contributed by atoms with E-state index in [1.54, 1.807) is 23.6 Å². The standard InChI is InChI=1S/C26H36BrN3O5S/c1-5-16(14-31)30-22(23(32)28-15-9-11-17(12-10-15)29(6-2)7-3)26-13-18(27)21(36-26)19(20(26)24(30)33)25(34)35-8-4/h9-12,16,18-22,31H,5-8,13-14H2,1-4H3,(H,28,32)/t16-,18?,19+,20-,21+,22?,26?/m0/s1. The third-order valence-electron chi connectivity index (χ3n) is 7.87. The van der Waals surface area contributed by atoms with Crippen molar-refractivity contribution in [2.24, 2.45) is 11.8 Å². The highest BCUT2D eigenvalue weighted by atomic mass is 79.9. The highest BCUT2D eigenvalue weighted by Gasteiger charge is 2.76. The first kappa shape index (κ1) is 27.3. The molecule has 198 valence electrons. The SMILES string of the molecule is CCOC(=O)[C@H]1[C@@H]2SC3(CC2Br)C(C(=O)Nc2ccc(N(CC)CC)cc2)N([C@@H](CC)CO)C(=O)[C@H]13. The maximum absolute atomic E-state index is 13.9. The quantitative estimate of drug-likeness (QED) is 0.323. The van der Waals surface area contributed by atoms with Gasteiger partial charge in [-0.1, -0.05) is 22.9 Å². The lowest BCUT2D eigenvalue weighted by Gasteiger charge is -2.37. The van der Waals surface area contributed by atoms with Crippen LogP contribution in [0, 0.1) is 11.8 Å². The number of likely N-dealkylation sites (tertiary alicyclic amines) is 1. The molecule has 0 radical (unpaired) electrons. The van der Waals surface area contributed by atoms with E-state index in [0.29, 0.717) is 18.5 Å². The molecule has 1 aromatic carbocycles. The highest BCUT2D eigenvalue weighted by molar-refractivity contribution is 9.09. The van der Waals surface area contributed by atoms with Gasteiger partial charge in [0.05, 0.1) is 35.8 Å². The number of thioether (sulfide) groups is 1. The Labute approximate surface area is 225 Å². The number of carbonyl (C=O) groups is 3. The van der Waals surface area contributed by atoms with Gasteiger partial charge in [-0.15, -0.1) is 11.8 Å². The van der Waals surface area contributed by atoms with Crippen LogP contribution < -0.4 is 10.2 Å². The second kappa shape index (κ2) is 10.9. The Morgan fingerprint density at radius 3 is 2.47 bits per heavy atom. The van der Waals surface area contributed by atoms with Gasteiger partial charge in [0.15, 0.2) is 0 Å². The van der Waals surface area contributed by atoms with E-state index in [2.05, 4.69) is 40.0 Å². The van der Waals surface area contributed by atoms with Gasteiger partial charge in [0.2, 0.25) is 11.8 Å². The van der Waals surface area contributed by atoms with Crippen LogP contribution in [0.4, 0.5) is 11.4 Å². The Kier molecular flexibility index (Phi) is 8.26. The maximum atomic E-state index is 13.9. The van der Waals surface area contributed by atoms with Crippen molar-refractivity contribution >= 4 is 56.9 Å². The van der Waals surface area contributed by atoms with Gasteiger partial charge in [-0.3, -0.25) is 14.4 Å². The van der Waals surface area contributed by atoms with Crippen molar-refractivity contribution in [2.45, 2.75) is 67.4 Å². The lowest BCUT2D eigenvalue weighted by molar-refractivity contribution is -0.154. The van der Waals surface area contributed by atoms with Gasteiger partial charge in [-0.25, -0.2) is 0 Å². The maximum Gasteiger partial charge on any atom is 0.310 e. The number of alkyl halides is 1. The van der Waals surface area contributed by atoms with Crippen molar-refractivity contribution in [3.8, 4) is 0 Å². The first-order valence-corrected chi connectivity index (χ1v) is 14.6. The molecule has 3 unspecified atom stereocenters. The van der Waals surface area contributed by atoms with Gasteiger partial charge in [0.1, 0.15) is 6.04 Å². The molecular weight excluding hydrogens is 546 g/mol. The van der Waals surface area contributed by atoms with E-state index < -0.39 is 28.7 Å². The van der Waals surface area contributed by atoms with E-state index >= 15 is 0 Å². The summed E-state index contributed by atoms with van der Waals surface area (Å²) in [5, 5.41) is 13.0. The fraction of sp³-hybridized carbons (Fsp3) is 0.654. The smallest absolute Gasteiger partial charge is 0.310 e. The Hall–Kier alpha value is -1.78. The van der Waals surface area contributed by atoms with Crippen LogP contribution in [-0.2, 0) is 19.1 Å². The fourth-order valence-electron chi connectivity index (χ4n) is 6.24. The van der Waals surface area contributed by atoms with Crippen molar-refractivity contribution in [1.82, 2.24) is 4.90 Å². The molecule has 0 aromatic heterocycles. The number of hydrogen-bond acceptors (Lipinski definition) is 7. The molecule has 2 N–H and O–H groups in total. The van der Waals surface area contributed by atoms with E-state index in [4.69, 9.17) is 4.74 Å². The molecule has 3 heterocycles. The Morgan fingerprint density at radius 2 is 1.92 bits per heavy atom. The number of benzene rings is 1. The molecule has 36 heavy (non-hydrogen) atoms. The number of nitrogens with zero attached hydrogens (tertiary/aromatic N) is 2. The molecule has 10 heteroatoms. The summed E-state index contributed by atoms with van der Waals surface area (Å²) in [5.74, 6) is -2.18. The number of esters is 1.